The number of hydrogen-bond acceptors (Lipinski definition) is 6. The molecule has 4 nitrogen and oxygen atoms in total. The zero-order chi connectivity index (χ0) is 22.2. The van der Waals surface area contributed by atoms with Gasteiger partial charge in [0.05, 0.1) is 17.8 Å². The normalized spacial score (nSPS) is 32.9. The summed E-state index contributed by atoms with van der Waals surface area (Å²) in [5, 5.41) is 0. The van der Waals surface area contributed by atoms with Crippen molar-refractivity contribution in [2.75, 3.05) is 31.3 Å². The number of rotatable bonds is 11. The van der Waals surface area contributed by atoms with Gasteiger partial charge in [-0.15, -0.1) is 23.5 Å². The van der Waals surface area contributed by atoms with E-state index >= 15 is 4.39 Å². The average molecular weight is 489 g/mol. The highest BCUT2D eigenvalue weighted by atomic mass is 32.2. The lowest BCUT2D eigenvalue weighted by Gasteiger charge is -2.32. The molecule has 0 aromatic rings. The summed E-state index contributed by atoms with van der Waals surface area (Å²) in [5.41, 5.74) is 0. The first-order valence-corrected chi connectivity index (χ1v) is 14.9. The van der Waals surface area contributed by atoms with Gasteiger partial charge in [-0.3, -0.25) is 0 Å². The predicted octanol–water partition coefficient (Wildman–Crippen LogP) is 6.34. The summed E-state index contributed by atoms with van der Waals surface area (Å²) in [4.78, 5) is 0. The van der Waals surface area contributed by atoms with E-state index in [2.05, 4.69) is 36.5 Å². The molecular weight excluding hydrogens is 447 g/mol. The molecule has 0 N–H and O–H groups in total. The Labute approximate surface area is 202 Å². The van der Waals surface area contributed by atoms with Crippen LogP contribution in [0.2, 0.25) is 0 Å². The number of hydrogen-bond donors (Lipinski definition) is 0. The summed E-state index contributed by atoms with van der Waals surface area (Å²) < 4.78 is 40.1. The van der Waals surface area contributed by atoms with Crippen LogP contribution in [0.25, 0.3) is 0 Å². The molecule has 5 unspecified atom stereocenters. The van der Waals surface area contributed by atoms with Gasteiger partial charge in [0.2, 0.25) is 0 Å². The van der Waals surface area contributed by atoms with E-state index in [-0.39, 0.29) is 6.29 Å². The zero-order valence-electron chi connectivity index (χ0n) is 19.6. The van der Waals surface area contributed by atoms with Gasteiger partial charge < -0.3 is 18.9 Å². The minimum absolute atomic E-state index is 0.276. The second-order valence-electron chi connectivity index (χ2n) is 9.51. The number of thioether (sulfide) groups is 2. The minimum atomic E-state index is -0.990. The van der Waals surface area contributed by atoms with Crippen molar-refractivity contribution < 1.29 is 23.3 Å². The molecular formula is C25H41FO4S2. The Bertz CT molecular complexity index is 574. The molecule has 5 atom stereocenters. The molecule has 0 aromatic heterocycles. The highest BCUT2D eigenvalue weighted by molar-refractivity contribution is 8.20. The van der Waals surface area contributed by atoms with E-state index in [1.807, 2.05) is 6.08 Å². The van der Waals surface area contributed by atoms with Gasteiger partial charge in [-0.25, -0.2) is 4.39 Å². The number of alkyl halides is 1. The second-order valence-corrected chi connectivity index (χ2v) is 12.4. The number of ether oxygens (including phenoxy) is 4. The lowest BCUT2D eigenvalue weighted by Crippen LogP contribution is -2.37. The van der Waals surface area contributed by atoms with E-state index in [1.54, 1.807) is 0 Å². The number of halogens is 1. The fourth-order valence-electron chi connectivity index (χ4n) is 5.52. The quantitative estimate of drug-likeness (QED) is 0.316. The summed E-state index contributed by atoms with van der Waals surface area (Å²) in [6.45, 7) is 4.20. The third kappa shape index (κ3) is 6.66. The van der Waals surface area contributed by atoms with Crippen molar-refractivity contribution in [3.63, 3.8) is 0 Å². The average Bonchev–Trinajstić information content (AvgIpc) is 3.57. The number of unbranched alkanes of at least 4 members (excludes halogenated alkanes) is 1. The Kier molecular flexibility index (Phi) is 10.1. The molecule has 4 aliphatic rings. The first-order valence-electron chi connectivity index (χ1n) is 12.8. The van der Waals surface area contributed by atoms with E-state index in [4.69, 9.17) is 18.9 Å². The van der Waals surface area contributed by atoms with Crippen LogP contribution >= 0.6 is 23.5 Å². The molecule has 184 valence electrons. The van der Waals surface area contributed by atoms with Crippen molar-refractivity contribution in [2.24, 2.45) is 11.8 Å². The maximum absolute atomic E-state index is 15.1. The molecule has 1 aliphatic carbocycles. The van der Waals surface area contributed by atoms with E-state index in [0.29, 0.717) is 42.7 Å². The first-order chi connectivity index (χ1) is 15.7. The molecule has 0 amide bonds. The fourth-order valence-corrected chi connectivity index (χ4v) is 8.39. The van der Waals surface area contributed by atoms with Crippen molar-refractivity contribution >= 4 is 23.5 Å². The maximum Gasteiger partial charge on any atom is 0.171 e. The van der Waals surface area contributed by atoms with Gasteiger partial charge >= 0.3 is 0 Å². The van der Waals surface area contributed by atoms with E-state index in [9.17, 15) is 0 Å². The van der Waals surface area contributed by atoms with E-state index in [0.717, 1.165) is 51.4 Å². The SMILES string of the molecule is CCCCC(F)C(C=CC1CCC2(OCCO2)C1CCC1SCCS1)OC1CCCCO1. The molecule has 4 fully saturated rings. The van der Waals surface area contributed by atoms with Crippen LogP contribution in [0.4, 0.5) is 4.39 Å². The highest BCUT2D eigenvalue weighted by Gasteiger charge is 2.51. The Hall–Kier alpha value is 0.210. The van der Waals surface area contributed by atoms with Gasteiger partial charge in [-0.2, -0.15) is 0 Å². The summed E-state index contributed by atoms with van der Waals surface area (Å²) in [6, 6.07) is 0. The van der Waals surface area contributed by atoms with Crippen LogP contribution in [0.5, 0.6) is 0 Å². The van der Waals surface area contributed by atoms with Crippen molar-refractivity contribution in [2.45, 2.75) is 100 Å². The predicted molar refractivity (Wildman–Crippen MR) is 131 cm³/mol. The van der Waals surface area contributed by atoms with Gasteiger partial charge in [-0.1, -0.05) is 31.9 Å². The third-order valence-electron chi connectivity index (χ3n) is 7.27. The van der Waals surface area contributed by atoms with Gasteiger partial charge in [0, 0.05) is 30.5 Å². The Morgan fingerprint density at radius 1 is 1.09 bits per heavy atom. The van der Waals surface area contributed by atoms with Gasteiger partial charge in [0.15, 0.2) is 12.1 Å². The molecule has 1 spiro atoms. The van der Waals surface area contributed by atoms with Crippen molar-refractivity contribution in [3.05, 3.63) is 12.2 Å². The molecule has 4 rings (SSSR count). The summed E-state index contributed by atoms with van der Waals surface area (Å²) in [7, 11) is 0. The van der Waals surface area contributed by atoms with Gasteiger partial charge in [0.25, 0.3) is 0 Å². The van der Waals surface area contributed by atoms with Gasteiger partial charge in [-0.05, 0) is 50.9 Å². The van der Waals surface area contributed by atoms with Crippen LogP contribution in [0.3, 0.4) is 0 Å². The third-order valence-corrected chi connectivity index (χ3v) is 10.4. The van der Waals surface area contributed by atoms with E-state index < -0.39 is 18.1 Å². The van der Waals surface area contributed by atoms with Gasteiger partial charge in [0.1, 0.15) is 12.3 Å². The molecule has 0 bridgehead atoms. The Morgan fingerprint density at radius 2 is 1.91 bits per heavy atom. The van der Waals surface area contributed by atoms with Crippen LogP contribution in [-0.4, -0.2) is 60.3 Å². The molecule has 0 aromatic carbocycles. The molecule has 3 aliphatic heterocycles. The summed E-state index contributed by atoms with van der Waals surface area (Å²) in [5.74, 6) is 2.78. The largest absolute Gasteiger partial charge is 0.353 e. The Morgan fingerprint density at radius 3 is 2.62 bits per heavy atom. The van der Waals surface area contributed by atoms with Crippen molar-refractivity contribution in [1.29, 1.82) is 0 Å². The topological polar surface area (TPSA) is 36.9 Å². The summed E-state index contributed by atoms with van der Waals surface area (Å²) in [6.07, 6.45) is 12.1. The second kappa shape index (κ2) is 12.8. The monoisotopic (exact) mass is 488 g/mol. The van der Waals surface area contributed by atoms with Crippen LogP contribution in [0, 0.1) is 11.8 Å². The van der Waals surface area contributed by atoms with Crippen molar-refractivity contribution in [1.82, 2.24) is 0 Å². The maximum atomic E-state index is 15.1. The van der Waals surface area contributed by atoms with Crippen molar-refractivity contribution in [3.8, 4) is 0 Å². The molecule has 3 heterocycles. The van der Waals surface area contributed by atoms with Crippen LogP contribution < -0.4 is 0 Å². The lowest BCUT2D eigenvalue weighted by atomic mass is 9.87. The summed E-state index contributed by atoms with van der Waals surface area (Å²) >= 11 is 4.17. The van der Waals surface area contributed by atoms with Crippen LogP contribution in [0.15, 0.2) is 12.2 Å². The number of allylic oxidation sites excluding steroid dienone is 1. The molecule has 3 saturated heterocycles. The lowest BCUT2D eigenvalue weighted by molar-refractivity contribution is -0.190. The van der Waals surface area contributed by atoms with Crippen LogP contribution in [-0.2, 0) is 18.9 Å². The fraction of sp³-hybridized carbons (Fsp3) is 0.920. The molecule has 0 radical (unpaired) electrons. The standard InChI is InChI=1S/C25H41FO4S2/c1-2-3-6-21(26)22(30-23-7-4-5-14-27-23)10-8-19-12-13-25(28-15-16-29-25)20(19)9-11-24-31-17-18-32-24/h8,10,19-24H,2-7,9,11-18H2,1H3. The van der Waals surface area contributed by atoms with Crippen LogP contribution in [0.1, 0.15) is 71.1 Å². The van der Waals surface area contributed by atoms with E-state index in [1.165, 1.54) is 17.9 Å². The molecule has 32 heavy (non-hydrogen) atoms. The minimum Gasteiger partial charge on any atom is -0.353 e. The zero-order valence-corrected chi connectivity index (χ0v) is 21.2. The molecule has 7 heteroatoms. The smallest absolute Gasteiger partial charge is 0.171 e. The first kappa shape index (κ1) is 25.3. The Balaban J connectivity index is 1.42. The molecule has 1 saturated carbocycles. The highest BCUT2D eigenvalue weighted by Crippen LogP contribution is 2.50.